The molecule has 1 aliphatic heterocycles. The molecule has 10 nitrogen and oxygen atoms in total. The maximum atomic E-state index is 13.0. The molecule has 0 bridgehead atoms. The van der Waals surface area contributed by atoms with Crippen LogP contribution in [-0.2, 0) is 23.8 Å². The summed E-state index contributed by atoms with van der Waals surface area (Å²) >= 11 is 0. The van der Waals surface area contributed by atoms with Gasteiger partial charge >= 0.3 is 11.9 Å². The molecule has 4 atom stereocenters. The largest absolute Gasteiger partial charge is 0.493 e. The zero-order valence-electron chi connectivity index (χ0n) is 20.1. The quantitative estimate of drug-likeness (QED) is 0.575. The number of hydrogen-bond donors (Lipinski definition) is 1. The summed E-state index contributed by atoms with van der Waals surface area (Å²) in [6.07, 6.45) is 1.66. The van der Waals surface area contributed by atoms with Crippen LogP contribution < -0.4 is 14.8 Å². The van der Waals surface area contributed by atoms with Gasteiger partial charge in [0.25, 0.3) is 5.91 Å². The average Bonchev–Trinajstić information content (AvgIpc) is 2.80. The van der Waals surface area contributed by atoms with Gasteiger partial charge in [0.05, 0.1) is 13.2 Å². The molecule has 1 saturated heterocycles. The van der Waals surface area contributed by atoms with Crippen LogP contribution in [0.2, 0.25) is 0 Å². The van der Waals surface area contributed by atoms with Gasteiger partial charge < -0.3 is 29.0 Å². The molecule has 0 saturated carbocycles. The first kappa shape index (κ1) is 26.5. The summed E-state index contributed by atoms with van der Waals surface area (Å²) in [7, 11) is 2.94. The third-order valence-electron chi connectivity index (χ3n) is 5.17. The summed E-state index contributed by atoms with van der Waals surface area (Å²) in [5, 5.41) is 2.66. The highest BCUT2D eigenvalue weighted by Crippen LogP contribution is 2.30. The van der Waals surface area contributed by atoms with Gasteiger partial charge in [-0.3, -0.25) is 9.59 Å². The van der Waals surface area contributed by atoms with Crippen LogP contribution >= 0.6 is 0 Å². The first-order valence-electron chi connectivity index (χ1n) is 11.0. The molecule has 0 unspecified atom stereocenters. The lowest BCUT2D eigenvalue weighted by Crippen LogP contribution is -2.45. The van der Waals surface area contributed by atoms with Gasteiger partial charge in [-0.1, -0.05) is 13.8 Å². The van der Waals surface area contributed by atoms with E-state index in [2.05, 4.69) is 24.1 Å². The number of rotatable bonds is 8. The molecule has 1 N–H and O–H groups in total. The van der Waals surface area contributed by atoms with Crippen LogP contribution in [0.5, 0.6) is 11.5 Å². The number of nitrogens with zero attached hydrogens (tertiary/aromatic N) is 1. The van der Waals surface area contributed by atoms with Crippen molar-refractivity contribution in [3.05, 3.63) is 18.0 Å². The predicted octanol–water partition coefficient (Wildman–Crippen LogP) is 2.29. The lowest BCUT2D eigenvalue weighted by Gasteiger charge is -2.30. The molecule has 0 radical (unpaired) electrons. The molecule has 1 aromatic rings. The fourth-order valence-corrected chi connectivity index (χ4v) is 3.63. The number of carbonyl (C=O) groups excluding carboxylic acids is 3. The Labute approximate surface area is 194 Å². The van der Waals surface area contributed by atoms with Crippen molar-refractivity contribution in [2.75, 3.05) is 20.8 Å². The zero-order chi connectivity index (χ0) is 24.5. The first-order chi connectivity index (χ1) is 15.7. The molecule has 0 aromatic carbocycles. The molecule has 33 heavy (non-hydrogen) atoms. The van der Waals surface area contributed by atoms with Crippen LogP contribution in [0.15, 0.2) is 12.3 Å². The first-order valence-corrected chi connectivity index (χ1v) is 11.0. The minimum Gasteiger partial charge on any atom is -0.493 e. The minimum absolute atomic E-state index is 0.114. The molecule has 0 aliphatic carbocycles. The minimum atomic E-state index is -0.917. The van der Waals surface area contributed by atoms with E-state index >= 15 is 0 Å². The Kier molecular flexibility index (Phi) is 10.1. The molecule has 1 aliphatic rings. The molecule has 2 heterocycles. The number of methoxy groups -OCH3 is 2. The van der Waals surface area contributed by atoms with E-state index in [1.807, 2.05) is 0 Å². The lowest BCUT2D eigenvalue weighted by atomic mass is 10.0. The fourth-order valence-electron chi connectivity index (χ4n) is 3.63. The number of amides is 1. The second-order valence-electron chi connectivity index (χ2n) is 8.35. The van der Waals surface area contributed by atoms with Crippen LogP contribution in [-0.4, -0.2) is 68.0 Å². The van der Waals surface area contributed by atoms with Gasteiger partial charge in [-0.25, -0.2) is 9.78 Å². The van der Waals surface area contributed by atoms with E-state index in [9.17, 15) is 14.4 Å². The van der Waals surface area contributed by atoms with Crippen molar-refractivity contribution in [2.45, 2.75) is 71.3 Å². The second kappa shape index (κ2) is 12.5. The van der Waals surface area contributed by atoms with Crippen molar-refractivity contribution in [1.82, 2.24) is 10.3 Å². The molecule has 1 fully saturated rings. The average molecular weight is 467 g/mol. The Morgan fingerprint density at radius 1 is 1.27 bits per heavy atom. The van der Waals surface area contributed by atoms with E-state index in [-0.39, 0.29) is 23.3 Å². The van der Waals surface area contributed by atoms with Gasteiger partial charge in [-0.15, -0.1) is 0 Å². The van der Waals surface area contributed by atoms with Gasteiger partial charge in [0, 0.05) is 32.9 Å². The van der Waals surface area contributed by atoms with Gasteiger partial charge in [0.15, 0.2) is 11.4 Å². The highest BCUT2D eigenvalue weighted by atomic mass is 16.6. The fraction of sp³-hybridized carbons (Fsp3) is 0.652. The maximum Gasteiger partial charge on any atom is 0.329 e. The van der Waals surface area contributed by atoms with E-state index in [4.69, 9.17) is 23.7 Å². The van der Waals surface area contributed by atoms with Crippen molar-refractivity contribution in [2.24, 2.45) is 5.92 Å². The third kappa shape index (κ3) is 7.40. The van der Waals surface area contributed by atoms with Gasteiger partial charge in [-0.05, 0) is 32.1 Å². The molecule has 0 spiro atoms. The van der Waals surface area contributed by atoms with E-state index in [0.29, 0.717) is 31.8 Å². The van der Waals surface area contributed by atoms with Crippen LogP contribution in [0.25, 0.3) is 0 Å². The van der Waals surface area contributed by atoms with Crippen LogP contribution in [0.3, 0.4) is 0 Å². The highest BCUT2D eigenvalue weighted by molar-refractivity contribution is 5.98. The number of ether oxygens (including phenoxy) is 5. The molecule has 2 rings (SSSR count). The molecule has 184 valence electrons. The van der Waals surface area contributed by atoms with Crippen molar-refractivity contribution >= 4 is 17.8 Å². The van der Waals surface area contributed by atoms with E-state index in [0.717, 1.165) is 0 Å². The van der Waals surface area contributed by atoms with Gasteiger partial charge in [0.2, 0.25) is 5.75 Å². The Hall–Kier alpha value is -2.72. The van der Waals surface area contributed by atoms with Crippen LogP contribution in [0.1, 0.15) is 57.4 Å². The summed E-state index contributed by atoms with van der Waals surface area (Å²) in [4.78, 5) is 41.4. The van der Waals surface area contributed by atoms with Crippen molar-refractivity contribution in [3.63, 3.8) is 0 Å². The Bertz CT molecular complexity index is 829. The van der Waals surface area contributed by atoms with Gasteiger partial charge in [0.1, 0.15) is 18.2 Å². The summed E-state index contributed by atoms with van der Waals surface area (Å²) in [5.74, 6) is -1.50. The number of aromatic nitrogens is 1. The molecule has 1 aromatic heterocycles. The number of esters is 2. The normalized spacial score (nSPS) is 23.7. The lowest BCUT2D eigenvalue weighted by molar-refractivity contribution is -0.164. The Morgan fingerprint density at radius 3 is 2.61 bits per heavy atom. The summed E-state index contributed by atoms with van der Waals surface area (Å²) in [6, 6.07) is 0.548. The van der Waals surface area contributed by atoms with Crippen molar-refractivity contribution in [3.8, 4) is 11.5 Å². The molecule has 10 heteroatoms. The summed E-state index contributed by atoms with van der Waals surface area (Å²) < 4.78 is 27.5. The topological polar surface area (TPSA) is 122 Å². The smallest absolute Gasteiger partial charge is 0.329 e. The molecular formula is C23H34N2O8. The Balaban J connectivity index is 2.20. The van der Waals surface area contributed by atoms with E-state index < -0.39 is 36.1 Å². The number of pyridine rings is 1. The molecule has 1 amide bonds. The second-order valence-corrected chi connectivity index (χ2v) is 8.35. The Morgan fingerprint density at radius 2 is 2.00 bits per heavy atom. The van der Waals surface area contributed by atoms with Crippen molar-refractivity contribution < 1.29 is 38.1 Å². The summed E-state index contributed by atoms with van der Waals surface area (Å²) in [5.41, 5.74) is -0.168. The van der Waals surface area contributed by atoms with Crippen LogP contribution in [0.4, 0.5) is 0 Å². The number of cyclic esters (lactones) is 1. The number of hydrogen-bond acceptors (Lipinski definition) is 9. The SMILES string of the molecule is COc1ccnc(C(=O)N[C@H]2CCC[C@H](OCC(C)C)[C@@H](OC)[C@H](C)OC2=O)c1OC(C)=O. The van der Waals surface area contributed by atoms with Crippen LogP contribution in [0, 0.1) is 5.92 Å². The zero-order valence-corrected chi connectivity index (χ0v) is 20.1. The molecular weight excluding hydrogens is 432 g/mol. The third-order valence-corrected chi connectivity index (χ3v) is 5.17. The van der Waals surface area contributed by atoms with E-state index in [1.54, 1.807) is 14.0 Å². The number of nitrogens with one attached hydrogen (secondary N) is 1. The standard InChI is InChI=1S/C23H34N2O8/c1-13(2)12-31-18-9-7-8-16(23(28)32-14(3)20(18)30-6)25-22(27)19-21(33-15(4)26)17(29-5)10-11-24-19/h10-11,13-14,16,18,20H,7-9,12H2,1-6H3,(H,25,27)/t14-,16-,18-,20-/m0/s1. The van der Waals surface area contributed by atoms with Crippen molar-refractivity contribution in [1.29, 1.82) is 0 Å². The highest BCUT2D eigenvalue weighted by Gasteiger charge is 2.35. The predicted molar refractivity (Wildman–Crippen MR) is 118 cm³/mol. The summed E-state index contributed by atoms with van der Waals surface area (Å²) in [6.45, 7) is 7.62. The maximum absolute atomic E-state index is 13.0. The monoisotopic (exact) mass is 466 g/mol. The van der Waals surface area contributed by atoms with Gasteiger partial charge in [-0.2, -0.15) is 0 Å². The van der Waals surface area contributed by atoms with E-state index in [1.165, 1.54) is 26.3 Å². The number of carbonyl (C=O) groups is 3.